The molecule has 108 valence electrons. The highest BCUT2D eigenvalue weighted by molar-refractivity contribution is 6.01. The van der Waals surface area contributed by atoms with E-state index in [0.717, 1.165) is 18.4 Å². The van der Waals surface area contributed by atoms with E-state index in [9.17, 15) is 4.79 Å². The second-order valence-electron chi connectivity index (χ2n) is 6.18. The topological polar surface area (TPSA) is 52.3 Å². The van der Waals surface area contributed by atoms with Crippen molar-refractivity contribution in [3.63, 3.8) is 0 Å². The van der Waals surface area contributed by atoms with Gasteiger partial charge in [-0.05, 0) is 43.2 Å². The van der Waals surface area contributed by atoms with Crippen molar-refractivity contribution in [1.82, 2.24) is 0 Å². The van der Waals surface area contributed by atoms with Crippen molar-refractivity contribution in [2.75, 3.05) is 19.8 Å². The van der Waals surface area contributed by atoms with Crippen LogP contribution in [0.25, 0.3) is 0 Å². The predicted octanol–water partition coefficient (Wildman–Crippen LogP) is 2.89. The predicted molar refractivity (Wildman–Crippen MR) is 78.9 cm³/mol. The standard InChI is InChI=1S/C17H23NO2/c18-12-17(7-9-20-10-8-17)16(19)15-6-2-5-14(11-15)13-3-1-4-13/h2,5-6,11,13H,1,3-4,7-10,12,18H2. The molecule has 1 aliphatic carbocycles. The maximum atomic E-state index is 12.9. The summed E-state index contributed by atoms with van der Waals surface area (Å²) in [7, 11) is 0. The average Bonchev–Trinajstić information content (AvgIpc) is 2.46. The molecule has 1 saturated carbocycles. The lowest BCUT2D eigenvalue weighted by atomic mass is 9.73. The molecule has 0 bridgehead atoms. The Morgan fingerprint density at radius 3 is 2.65 bits per heavy atom. The van der Waals surface area contributed by atoms with E-state index in [2.05, 4.69) is 12.1 Å². The SMILES string of the molecule is NCC1(C(=O)c2cccc(C3CCC3)c2)CCOCC1. The van der Waals surface area contributed by atoms with E-state index in [1.165, 1.54) is 24.8 Å². The molecule has 3 rings (SSSR count). The maximum absolute atomic E-state index is 12.9. The Balaban J connectivity index is 1.85. The molecule has 0 radical (unpaired) electrons. The first-order valence-corrected chi connectivity index (χ1v) is 7.68. The minimum atomic E-state index is -0.406. The van der Waals surface area contributed by atoms with Crippen LogP contribution in [0.15, 0.2) is 24.3 Å². The lowest BCUT2D eigenvalue weighted by Gasteiger charge is -2.35. The van der Waals surface area contributed by atoms with Gasteiger partial charge in [-0.25, -0.2) is 0 Å². The van der Waals surface area contributed by atoms with Crippen LogP contribution >= 0.6 is 0 Å². The molecule has 2 fully saturated rings. The zero-order valence-corrected chi connectivity index (χ0v) is 11.9. The number of hydrogen-bond acceptors (Lipinski definition) is 3. The summed E-state index contributed by atoms with van der Waals surface area (Å²) in [5.74, 6) is 0.871. The van der Waals surface area contributed by atoms with Crippen molar-refractivity contribution < 1.29 is 9.53 Å². The number of carbonyl (C=O) groups excluding carboxylic acids is 1. The number of carbonyl (C=O) groups is 1. The first-order valence-electron chi connectivity index (χ1n) is 7.68. The quantitative estimate of drug-likeness (QED) is 0.858. The van der Waals surface area contributed by atoms with Gasteiger partial charge in [-0.15, -0.1) is 0 Å². The molecular formula is C17H23NO2. The van der Waals surface area contributed by atoms with Gasteiger partial charge in [0.05, 0.1) is 5.41 Å². The second-order valence-corrected chi connectivity index (χ2v) is 6.18. The smallest absolute Gasteiger partial charge is 0.170 e. The Labute approximate surface area is 120 Å². The summed E-state index contributed by atoms with van der Waals surface area (Å²) in [6, 6.07) is 8.21. The van der Waals surface area contributed by atoms with E-state index < -0.39 is 5.41 Å². The molecule has 0 unspecified atom stereocenters. The summed E-state index contributed by atoms with van der Waals surface area (Å²) in [6.07, 6.45) is 5.32. The highest BCUT2D eigenvalue weighted by Crippen LogP contribution is 2.38. The van der Waals surface area contributed by atoms with Crippen molar-refractivity contribution >= 4 is 5.78 Å². The van der Waals surface area contributed by atoms with Gasteiger partial charge in [-0.2, -0.15) is 0 Å². The molecule has 2 N–H and O–H groups in total. The molecule has 0 atom stereocenters. The lowest BCUT2D eigenvalue weighted by molar-refractivity contribution is 0.0200. The molecule has 0 amide bonds. The number of ketones is 1. The molecule has 3 heteroatoms. The molecule has 3 nitrogen and oxygen atoms in total. The minimum Gasteiger partial charge on any atom is -0.381 e. The number of rotatable bonds is 4. The summed E-state index contributed by atoms with van der Waals surface area (Å²) in [4.78, 5) is 12.9. The Kier molecular flexibility index (Phi) is 3.90. The molecule has 20 heavy (non-hydrogen) atoms. The Morgan fingerprint density at radius 1 is 1.30 bits per heavy atom. The molecule has 0 spiro atoms. The van der Waals surface area contributed by atoms with Crippen LogP contribution in [0.4, 0.5) is 0 Å². The van der Waals surface area contributed by atoms with Gasteiger partial charge < -0.3 is 10.5 Å². The van der Waals surface area contributed by atoms with Gasteiger partial charge in [0.25, 0.3) is 0 Å². The number of Topliss-reactive ketones (excluding diaryl/α,β-unsaturated/α-hetero) is 1. The molecule has 1 aromatic carbocycles. The largest absolute Gasteiger partial charge is 0.381 e. The first-order chi connectivity index (χ1) is 9.75. The van der Waals surface area contributed by atoms with E-state index in [1.807, 2.05) is 12.1 Å². The molecule has 1 aliphatic heterocycles. The summed E-state index contributed by atoms with van der Waals surface area (Å²) in [5, 5.41) is 0. The van der Waals surface area contributed by atoms with E-state index in [-0.39, 0.29) is 5.78 Å². The summed E-state index contributed by atoms with van der Waals surface area (Å²) >= 11 is 0. The van der Waals surface area contributed by atoms with Crippen LogP contribution in [-0.4, -0.2) is 25.5 Å². The normalized spacial score (nSPS) is 22.2. The van der Waals surface area contributed by atoms with Gasteiger partial charge in [0.1, 0.15) is 0 Å². The molecule has 1 aromatic rings. The monoisotopic (exact) mass is 273 g/mol. The first kappa shape index (κ1) is 13.8. The van der Waals surface area contributed by atoms with Crippen molar-refractivity contribution in [3.05, 3.63) is 35.4 Å². The Hall–Kier alpha value is -1.19. The average molecular weight is 273 g/mol. The molecule has 1 saturated heterocycles. The fraction of sp³-hybridized carbons (Fsp3) is 0.588. The number of hydrogen-bond donors (Lipinski definition) is 1. The third kappa shape index (κ3) is 2.40. The van der Waals surface area contributed by atoms with E-state index in [1.54, 1.807) is 0 Å². The van der Waals surface area contributed by atoms with Gasteiger partial charge in [0.2, 0.25) is 0 Å². The molecule has 2 aliphatic rings. The third-order valence-electron chi connectivity index (χ3n) is 5.05. The zero-order valence-electron chi connectivity index (χ0n) is 11.9. The zero-order chi connectivity index (χ0) is 14.0. The van der Waals surface area contributed by atoms with Crippen LogP contribution < -0.4 is 5.73 Å². The van der Waals surface area contributed by atoms with Gasteiger partial charge >= 0.3 is 0 Å². The number of nitrogens with two attached hydrogens (primary N) is 1. The van der Waals surface area contributed by atoms with Crippen molar-refractivity contribution in [2.45, 2.75) is 38.0 Å². The van der Waals surface area contributed by atoms with Crippen LogP contribution in [0, 0.1) is 5.41 Å². The van der Waals surface area contributed by atoms with Crippen molar-refractivity contribution in [2.24, 2.45) is 11.1 Å². The van der Waals surface area contributed by atoms with Crippen LogP contribution in [0.2, 0.25) is 0 Å². The summed E-state index contributed by atoms with van der Waals surface area (Å²) in [6.45, 7) is 1.71. The molecular weight excluding hydrogens is 250 g/mol. The van der Waals surface area contributed by atoms with E-state index in [0.29, 0.717) is 25.7 Å². The fourth-order valence-electron chi connectivity index (χ4n) is 3.27. The fourth-order valence-corrected chi connectivity index (χ4v) is 3.27. The third-order valence-corrected chi connectivity index (χ3v) is 5.05. The number of ether oxygens (including phenoxy) is 1. The van der Waals surface area contributed by atoms with Crippen LogP contribution in [0.3, 0.4) is 0 Å². The minimum absolute atomic E-state index is 0.212. The van der Waals surface area contributed by atoms with Crippen molar-refractivity contribution in [3.8, 4) is 0 Å². The van der Waals surface area contributed by atoms with E-state index in [4.69, 9.17) is 10.5 Å². The number of benzene rings is 1. The van der Waals surface area contributed by atoms with E-state index >= 15 is 0 Å². The highest BCUT2D eigenvalue weighted by atomic mass is 16.5. The summed E-state index contributed by atoms with van der Waals surface area (Å²) in [5.41, 5.74) is 7.68. The Bertz CT molecular complexity index is 488. The van der Waals surface area contributed by atoms with Gasteiger partial charge in [-0.3, -0.25) is 4.79 Å². The van der Waals surface area contributed by atoms with Crippen LogP contribution in [-0.2, 0) is 4.74 Å². The van der Waals surface area contributed by atoms with Crippen LogP contribution in [0.1, 0.15) is 53.9 Å². The molecule has 1 heterocycles. The maximum Gasteiger partial charge on any atom is 0.170 e. The van der Waals surface area contributed by atoms with Gasteiger partial charge in [-0.1, -0.05) is 24.6 Å². The van der Waals surface area contributed by atoms with Gasteiger partial charge in [0, 0.05) is 25.3 Å². The lowest BCUT2D eigenvalue weighted by Crippen LogP contribution is -2.43. The highest BCUT2D eigenvalue weighted by Gasteiger charge is 2.39. The Morgan fingerprint density at radius 2 is 2.05 bits per heavy atom. The van der Waals surface area contributed by atoms with Gasteiger partial charge in [0.15, 0.2) is 5.78 Å². The summed E-state index contributed by atoms with van der Waals surface area (Å²) < 4.78 is 5.39. The second kappa shape index (κ2) is 5.66. The molecule has 0 aromatic heterocycles. The van der Waals surface area contributed by atoms with Crippen molar-refractivity contribution in [1.29, 1.82) is 0 Å². The van der Waals surface area contributed by atoms with Crippen LogP contribution in [0.5, 0.6) is 0 Å².